The number of methoxy groups -OCH3 is 2. The van der Waals surface area contributed by atoms with Gasteiger partial charge in [0.1, 0.15) is 29.0 Å². The van der Waals surface area contributed by atoms with E-state index in [1.165, 1.54) is 13.3 Å². The average Bonchev–Trinajstić information content (AvgIpc) is 2.66. The summed E-state index contributed by atoms with van der Waals surface area (Å²) in [6.07, 6.45) is 2.29. The summed E-state index contributed by atoms with van der Waals surface area (Å²) in [6, 6.07) is 8.09. The zero-order chi connectivity index (χ0) is 20.8. The fourth-order valence-corrected chi connectivity index (χ4v) is 2.82. The van der Waals surface area contributed by atoms with E-state index in [0.29, 0.717) is 35.1 Å². The molecule has 2 aromatic rings. The Morgan fingerprint density at radius 1 is 1.10 bits per heavy atom. The predicted molar refractivity (Wildman–Crippen MR) is 105 cm³/mol. The first-order valence-corrected chi connectivity index (χ1v) is 9.32. The number of ether oxygens (including phenoxy) is 4. The van der Waals surface area contributed by atoms with Gasteiger partial charge in [-0.3, -0.25) is 4.79 Å². The molecule has 0 aliphatic carbocycles. The summed E-state index contributed by atoms with van der Waals surface area (Å²) in [4.78, 5) is 30.1. The number of benzene rings is 1. The summed E-state index contributed by atoms with van der Waals surface area (Å²) in [5.41, 5.74) is 0.667. The van der Waals surface area contributed by atoms with Gasteiger partial charge in [-0.1, -0.05) is 0 Å². The van der Waals surface area contributed by atoms with Crippen molar-refractivity contribution in [2.45, 2.75) is 19.4 Å². The standard InChI is InChI=1S/C21H24N2O6/c1-14(13-26-2)28-17-9-15(21(25)27-3)10-18(11-17)29-16-5-6-19(22-12-16)20(24)23-7-4-8-23/h5-6,9-12,14H,4,7-8,13H2,1-3H3. The van der Waals surface area contributed by atoms with Crippen LogP contribution in [0.25, 0.3) is 0 Å². The highest BCUT2D eigenvalue weighted by Gasteiger charge is 2.22. The highest BCUT2D eigenvalue weighted by molar-refractivity contribution is 5.92. The van der Waals surface area contributed by atoms with Gasteiger partial charge < -0.3 is 23.8 Å². The summed E-state index contributed by atoms with van der Waals surface area (Å²) in [5.74, 6) is 0.677. The quantitative estimate of drug-likeness (QED) is 0.630. The van der Waals surface area contributed by atoms with Crippen molar-refractivity contribution < 1.29 is 28.5 Å². The molecule has 1 amide bonds. The Balaban J connectivity index is 1.77. The van der Waals surface area contributed by atoms with Crippen LogP contribution in [0.2, 0.25) is 0 Å². The Hall–Kier alpha value is -3.13. The molecule has 1 atom stereocenters. The summed E-state index contributed by atoms with van der Waals surface area (Å²) < 4.78 is 21.5. The van der Waals surface area contributed by atoms with Crippen molar-refractivity contribution in [2.24, 2.45) is 0 Å². The molecule has 0 N–H and O–H groups in total. The minimum absolute atomic E-state index is 0.0849. The molecule has 1 aliphatic rings. The van der Waals surface area contributed by atoms with Crippen molar-refractivity contribution in [3.8, 4) is 17.2 Å². The van der Waals surface area contributed by atoms with Gasteiger partial charge in [-0.25, -0.2) is 9.78 Å². The normalized spacial score (nSPS) is 14.0. The Kier molecular flexibility index (Phi) is 6.66. The SMILES string of the molecule is COCC(C)Oc1cc(Oc2ccc(C(=O)N3CCC3)nc2)cc(C(=O)OC)c1. The van der Waals surface area contributed by atoms with E-state index in [1.807, 2.05) is 6.92 Å². The first-order valence-electron chi connectivity index (χ1n) is 9.32. The van der Waals surface area contributed by atoms with E-state index in [1.54, 1.807) is 42.3 Å². The van der Waals surface area contributed by atoms with Gasteiger partial charge in [-0.2, -0.15) is 0 Å². The van der Waals surface area contributed by atoms with Crippen LogP contribution in [0.5, 0.6) is 17.2 Å². The third-order valence-corrected chi connectivity index (χ3v) is 4.37. The highest BCUT2D eigenvalue weighted by Crippen LogP contribution is 2.28. The largest absolute Gasteiger partial charge is 0.488 e. The van der Waals surface area contributed by atoms with Crippen molar-refractivity contribution in [3.63, 3.8) is 0 Å². The zero-order valence-electron chi connectivity index (χ0n) is 16.7. The number of hydrogen-bond acceptors (Lipinski definition) is 7. The minimum atomic E-state index is -0.506. The number of amides is 1. The van der Waals surface area contributed by atoms with E-state index >= 15 is 0 Å². The molecular weight excluding hydrogens is 376 g/mol. The molecule has 2 heterocycles. The van der Waals surface area contributed by atoms with Gasteiger partial charge in [-0.05, 0) is 37.6 Å². The molecule has 0 bridgehead atoms. The number of likely N-dealkylation sites (tertiary alicyclic amines) is 1. The average molecular weight is 400 g/mol. The van der Waals surface area contributed by atoms with Gasteiger partial charge in [0.25, 0.3) is 5.91 Å². The van der Waals surface area contributed by atoms with Crippen LogP contribution in [0, 0.1) is 0 Å². The first-order chi connectivity index (χ1) is 14.0. The number of nitrogens with zero attached hydrogens (tertiary/aromatic N) is 2. The third-order valence-electron chi connectivity index (χ3n) is 4.37. The number of hydrogen-bond donors (Lipinski definition) is 0. The van der Waals surface area contributed by atoms with Crippen molar-refractivity contribution >= 4 is 11.9 Å². The molecule has 8 heteroatoms. The monoisotopic (exact) mass is 400 g/mol. The van der Waals surface area contributed by atoms with E-state index in [4.69, 9.17) is 18.9 Å². The van der Waals surface area contributed by atoms with Gasteiger partial charge in [0, 0.05) is 26.3 Å². The van der Waals surface area contributed by atoms with Gasteiger partial charge >= 0.3 is 5.97 Å². The molecule has 3 rings (SSSR count). The molecule has 0 saturated carbocycles. The zero-order valence-corrected chi connectivity index (χ0v) is 16.7. The molecule has 1 aliphatic heterocycles. The maximum absolute atomic E-state index is 12.2. The van der Waals surface area contributed by atoms with Crippen LogP contribution in [0.3, 0.4) is 0 Å². The Labute approximate surface area is 169 Å². The van der Waals surface area contributed by atoms with Gasteiger partial charge in [0.15, 0.2) is 0 Å². The molecule has 154 valence electrons. The number of rotatable bonds is 8. The van der Waals surface area contributed by atoms with Crippen LogP contribution in [-0.2, 0) is 9.47 Å². The van der Waals surface area contributed by atoms with Crippen LogP contribution in [0.1, 0.15) is 34.2 Å². The Bertz CT molecular complexity index is 864. The first kappa shape index (κ1) is 20.6. The molecule has 1 aromatic carbocycles. The summed E-state index contributed by atoms with van der Waals surface area (Å²) in [6.45, 7) is 3.79. The number of carbonyl (C=O) groups is 2. The van der Waals surface area contributed by atoms with Gasteiger partial charge in [-0.15, -0.1) is 0 Å². The molecule has 0 radical (unpaired) electrons. The lowest BCUT2D eigenvalue weighted by Gasteiger charge is -2.30. The maximum Gasteiger partial charge on any atom is 0.338 e. The van der Waals surface area contributed by atoms with E-state index in [9.17, 15) is 9.59 Å². The molecule has 1 fully saturated rings. The fraction of sp³-hybridized carbons (Fsp3) is 0.381. The predicted octanol–water partition coefficient (Wildman–Crippen LogP) is 2.92. The lowest BCUT2D eigenvalue weighted by atomic mass is 10.2. The van der Waals surface area contributed by atoms with Crippen LogP contribution < -0.4 is 9.47 Å². The van der Waals surface area contributed by atoms with E-state index in [-0.39, 0.29) is 12.0 Å². The van der Waals surface area contributed by atoms with Crippen molar-refractivity contribution in [2.75, 3.05) is 33.9 Å². The molecule has 0 spiro atoms. The van der Waals surface area contributed by atoms with Crippen LogP contribution in [0.4, 0.5) is 0 Å². The number of pyridine rings is 1. The van der Waals surface area contributed by atoms with Gasteiger partial charge in [0.2, 0.25) is 0 Å². The van der Waals surface area contributed by atoms with E-state index in [0.717, 1.165) is 19.5 Å². The topological polar surface area (TPSA) is 87.2 Å². The van der Waals surface area contributed by atoms with E-state index < -0.39 is 5.97 Å². The molecular formula is C21H24N2O6. The molecule has 1 aromatic heterocycles. The van der Waals surface area contributed by atoms with Crippen molar-refractivity contribution in [1.82, 2.24) is 9.88 Å². The van der Waals surface area contributed by atoms with Crippen molar-refractivity contribution in [1.29, 1.82) is 0 Å². The second-order valence-electron chi connectivity index (χ2n) is 6.70. The third kappa shape index (κ3) is 5.23. The van der Waals surface area contributed by atoms with Crippen LogP contribution in [-0.4, -0.2) is 61.8 Å². The van der Waals surface area contributed by atoms with Crippen LogP contribution in [0.15, 0.2) is 36.5 Å². The smallest absolute Gasteiger partial charge is 0.338 e. The van der Waals surface area contributed by atoms with Gasteiger partial charge in [0.05, 0.1) is 25.5 Å². The summed E-state index contributed by atoms with van der Waals surface area (Å²) in [5, 5.41) is 0. The van der Waals surface area contributed by atoms with Crippen molar-refractivity contribution in [3.05, 3.63) is 47.8 Å². The minimum Gasteiger partial charge on any atom is -0.488 e. The Morgan fingerprint density at radius 2 is 1.86 bits per heavy atom. The lowest BCUT2D eigenvalue weighted by Crippen LogP contribution is -2.42. The molecule has 1 saturated heterocycles. The second-order valence-corrected chi connectivity index (χ2v) is 6.70. The Morgan fingerprint density at radius 3 is 2.45 bits per heavy atom. The highest BCUT2D eigenvalue weighted by atomic mass is 16.5. The summed E-state index contributed by atoms with van der Waals surface area (Å²) >= 11 is 0. The van der Waals surface area contributed by atoms with Crippen LogP contribution >= 0.6 is 0 Å². The molecule has 8 nitrogen and oxygen atoms in total. The fourth-order valence-electron chi connectivity index (χ4n) is 2.82. The summed E-state index contributed by atoms with van der Waals surface area (Å²) in [7, 11) is 2.89. The number of aromatic nitrogens is 1. The maximum atomic E-state index is 12.2. The molecule has 1 unspecified atom stereocenters. The second kappa shape index (κ2) is 9.38. The number of esters is 1. The molecule has 29 heavy (non-hydrogen) atoms. The lowest BCUT2D eigenvalue weighted by molar-refractivity contribution is 0.0597. The van der Waals surface area contributed by atoms with E-state index in [2.05, 4.69) is 4.98 Å². The number of carbonyl (C=O) groups excluding carboxylic acids is 2.